The Morgan fingerprint density at radius 3 is 2.57 bits per heavy atom. The highest BCUT2D eigenvalue weighted by atomic mass is 16.5. The van der Waals surface area contributed by atoms with E-state index in [-0.39, 0.29) is 11.9 Å². The van der Waals surface area contributed by atoms with Gasteiger partial charge in [-0.25, -0.2) is 0 Å². The zero-order valence-corrected chi connectivity index (χ0v) is 12.6. The molecule has 0 fully saturated rings. The van der Waals surface area contributed by atoms with Crippen LogP contribution in [-0.2, 0) is 0 Å². The fourth-order valence-electron chi connectivity index (χ4n) is 2.06. The normalized spacial score (nSPS) is 11.8. The number of ether oxygens (including phenoxy) is 2. The van der Waals surface area contributed by atoms with Crippen LogP contribution in [0.4, 0.5) is 0 Å². The van der Waals surface area contributed by atoms with E-state index in [1.807, 2.05) is 13.0 Å². The standard InChI is InChI=1S/C16H19NO4/c1-11(14-6-5-9-21-14)17(2)16(18)13-8-7-12(19-3)10-15(13)20-4/h5-11H,1-4H3. The molecule has 0 aliphatic rings. The molecule has 21 heavy (non-hydrogen) atoms. The number of carbonyl (C=O) groups is 1. The summed E-state index contributed by atoms with van der Waals surface area (Å²) in [5.74, 6) is 1.72. The lowest BCUT2D eigenvalue weighted by Gasteiger charge is -2.24. The van der Waals surface area contributed by atoms with E-state index < -0.39 is 0 Å². The number of methoxy groups -OCH3 is 2. The summed E-state index contributed by atoms with van der Waals surface area (Å²) < 4.78 is 15.8. The molecule has 0 N–H and O–H groups in total. The van der Waals surface area contributed by atoms with Crippen LogP contribution in [0.2, 0.25) is 0 Å². The predicted octanol–water partition coefficient (Wildman–Crippen LogP) is 3.13. The van der Waals surface area contributed by atoms with Gasteiger partial charge in [-0.2, -0.15) is 0 Å². The van der Waals surface area contributed by atoms with Gasteiger partial charge in [-0.1, -0.05) is 0 Å². The van der Waals surface area contributed by atoms with Gasteiger partial charge in [0, 0.05) is 13.1 Å². The highest BCUT2D eigenvalue weighted by Gasteiger charge is 2.23. The second kappa shape index (κ2) is 6.35. The molecule has 2 rings (SSSR count). The smallest absolute Gasteiger partial charge is 0.257 e. The molecule has 5 heteroatoms. The van der Waals surface area contributed by atoms with Gasteiger partial charge in [0.2, 0.25) is 0 Å². The first-order valence-electron chi connectivity index (χ1n) is 6.61. The third-order valence-corrected chi connectivity index (χ3v) is 3.50. The summed E-state index contributed by atoms with van der Waals surface area (Å²) in [4.78, 5) is 14.2. The predicted molar refractivity (Wildman–Crippen MR) is 78.8 cm³/mol. The summed E-state index contributed by atoms with van der Waals surface area (Å²) in [5.41, 5.74) is 0.485. The molecule has 1 heterocycles. The first-order chi connectivity index (χ1) is 10.1. The zero-order valence-electron chi connectivity index (χ0n) is 12.6. The molecule has 0 spiro atoms. The van der Waals surface area contributed by atoms with Crippen LogP contribution < -0.4 is 9.47 Å². The van der Waals surface area contributed by atoms with Gasteiger partial charge in [0.25, 0.3) is 5.91 Å². The molecule has 2 aromatic rings. The molecule has 1 unspecified atom stereocenters. The van der Waals surface area contributed by atoms with Crippen LogP contribution in [0.15, 0.2) is 41.0 Å². The summed E-state index contributed by atoms with van der Waals surface area (Å²) in [5, 5.41) is 0. The second-order valence-corrected chi connectivity index (χ2v) is 4.67. The molecule has 0 aliphatic carbocycles. The van der Waals surface area contributed by atoms with Crippen molar-refractivity contribution in [3.8, 4) is 11.5 Å². The lowest BCUT2D eigenvalue weighted by Crippen LogP contribution is -2.29. The number of benzene rings is 1. The topological polar surface area (TPSA) is 51.9 Å². The van der Waals surface area contributed by atoms with E-state index in [4.69, 9.17) is 13.9 Å². The molecule has 112 valence electrons. The lowest BCUT2D eigenvalue weighted by atomic mass is 10.1. The summed E-state index contributed by atoms with van der Waals surface area (Å²) >= 11 is 0. The SMILES string of the molecule is COc1ccc(C(=O)N(C)C(C)c2ccco2)c(OC)c1. The Labute approximate surface area is 124 Å². The van der Waals surface area contributed by atoms with Crippen LogP contribution in [0.25, 0.3) is 0 Å². The van der Waals surface area contributed by atoms with Gasteiger partial charge in [-0.15, -0.1) is 0 Å². The number of furan rings is 1. The minimum atomic E-state index is -0.167. The Morgan fingerprint density at radius 1 is 1.24 bits per heavy atom. The van der Waals surface area contributed by atoms with Gasteiger partial charge < -0.3 is 18.8 Å². The summed E-state index contributed by atoms with van der Waals surface area (Å²) in [6.07, 6.45) is 1.60. The fourth-order valence-corrected chi connectivity index (χ4v) is 2.06. The molecule has 1 aromatic carbocycles. The quantitative estimate of drug-likeness (QED) is 0.848. The average molecular weight is 289 g/mol. The highest BCUT2D eigenvalue weighted by Crippen LogP contribution is 2.28. The molecular formula is C16H19NO4. The molecule has 0 saturated carbocycles. The number of rotatable bonds is 5. The first kappa shape index (κ1) is 15.0. The van der Waals surface area contributed by atoms with Crippen molar-refractivity contribution in [2.45, 2.75) is 13.0 Å². The monoisotopic (exact) mass is 289 g/mol. The largest absolute Gasteiger partial charge is 0.497 e. The maximum absolute atomic E-state index is 12.6. The van der Waals surface area contributed by atoms with Crippen molar-refractivity contribution in [2.75, 3.05) is 21.3 Å². The van der Waals surface area contributed by atoms with Gasteiger partial charge >= 0.3 is 0 Å². The maximum Gasteiger partial charge on any atom is 0.257 e. The Morgan fingerprint density at radius 2 is 2.00 bits per heavy atom. The molecular weight excluding hydrogens is 270 g/mol. The van der Waals surface area contributed by atoms with Crippen molar-refractivity contribution < 1.29 is 18.7 Å². The second-order valence-electron chi connectivity index (χ2n) is 4.67. The molecule has 1 atom stereocenters. The van der Waals surface area contributed by atoms with Crippen molar-refractivity contribution in [1.82, 2.24) is 4.90 Å². The summed E-state index contributed by atoms with van der Waals surface area (Å²) in [6, 6.07) is 8.61. The molecule has 1 amide bonds. The van der Waals surface area contributed by atoms with Crippen molar-refractivity contribution in [3.05, 3.63) is 47.9 Å². The van der Waals surface area contributed by atoms with Crippen LogP contribution in [0, 0.1) is 0 Å². The Bertz CT molecular complexity index is 607. The third kappa shape index (κ3) is 3.02. The van der Waals surface area contributed by atoms with E-state index in [0.717, 1.165) is 5.76 Å². The number of nitrogens with zero attached hydrogens (tertiary/aromatic N) is 1. The first-order valence-corrected chi connectivity index (χ1v) is 6.61. The molecule has 0 radical (unpaired) electrons. The van der Waals surface area contributed by atoms with Gasteiger partial charge in [0.15, 0.2) is 0 Å². The fraction of sp³-hybridized carbons (Fsp3) is 0.312. The number of carbonyl (C=O) groups excluding carboxylic acids is 1. The Balaban J connectivity index is 2.27. The van der Waals surface area contributed by atoms with E-state index in [1.165, 1.54) is 7.11 Å². The molecule has 0 aliphatic heterocycles. The van der Waals surface area contributed by atoms with E-state index in [0.29, 0.717) is 17.1 Å². The van der Waals surface area contributed by atoms with E-state index in [2.05, 4.69) is 0 Å². The maximum atomic E-state index is 12.6. The Kier molecular flexibility index (Phi) is 4.52. The van der Waals surface area contributed by atoms with Crippen LogP contribution in [-0.4, -0.2) is 32.1 Å². The van der Waals surface area contributed by atoms with Gasteiger partial charge in [-0.3, -0.25) is 4.79 Å². The molecule has 0 bridgehead atoms. The highest BCUT2D eigenvalue weighted by molar-refractivity contribution is 5.97. The molecule has 0 saturated heterocycles. The molecule has 5 nitrogen and oxygen atoms in total. The van der Waals surface area contributed by atoms with E-state index in [9.17, 15) is 4.79 Å². The molecule has 1 aromatic heterocycles. The third-order valence-electron chi connectivity index (χ3n) is 3.50. The summed E-state index contributed by atoms with van der Waals surface area (Å²) in [7, 11) is 4.84. The average Bonchev–Trinajstić information content (AvgIpc) is 3.06. The number of hydrogen-bond donors (Lipinski definition) is 0. The van der Waals surface area contributed by atoms with Crippen molar-refractivity contribution in [3.63, 3.8) is 0 Å². The number of hydrogen-bond acceptors (Lipinski definition) is 4. The van der Waals surface area contributed by atoms with Gasteiger partial charge in [0.05, 0.1) is 32.1 Å². The number of amides is 1. The minimum Gasteiger partial charge on any atom is -0.497 e. The van der Waals surface area contributed by atoms with Crippen LogP contribution in [0.5, 0.6) is 11.5 Å². The van der Waals surface area contributed by atoms with E-state index in [1.54, 1.807) is 49.6 Å². The van der Waals surface area contributed by atoms with Crippen LogP contribution in [0.3, 0.4) is 0 Å². The van der Waals surface area contributed by atoms with Crippen LogP contribution in [0.1, 0.15) is 29.1 Å². The summed E-state index contributed by atoms with van der Waals surface area (Å²) in [6.45, 7) is 1.91. The van der Waals surface area contributed by atoms with E-state index >= 15 is 0 Å². The minimum absolute atomic E-state index is 0.140. The van der Waals surface area contributed by atoms with Crippen molar-refractivity contribution in [2.24, 2.45) is 0 Å². The van der Waals surface area contributed by atoms with Crippen LogP contribution >= 0.6 is 0 Å². The van der Waals surface area contributed by atoms with Gasteiger partial charge in [0.1, 0.15) is 17.3 Å². The zero-order chi connectivity index (χ0) is 15.4. The van der Waals surface area contributed by atoms with Gasteiger partial charge in [-0.05, 0) is 31.2 Å². The van der Waals surface area contributed by atoms with Crippen molar-refractivity contribution in [1.29, 1.82) is 0 Å². The van der Waals surface area contributed by atoms with Crippen molar-refractivity contribution >= 4 is 5.91 Å². The Hall–Kier alpha value is -2.43. The lowest BCUT2D eigenvalue weighted by molar-refractivity contribution is 0.0723.